The molecule has 0 aliphatic heterocycles. The molecule has 7 heteroatoms. The Labute approximate surface area is 84.0 Å². The van der Waals surface area contributed by atoms with Crippen molar-refractivity contribution in [1.82, 2.24) is 0 Å². The summed E-state index contributed by atoms with van der Waals surface area (Å²) < 4.78 is 2.37. The maximum Gasteiger partial charge on any atom is 0.360 e. The van der Waals surface area contributed by atoms with Crippen molar-refractivity contribution in [1.29, 1.82) is 0 Å². The van der Waals surface area contributed by atoms with E-state index in [0.29, 0.717) is 0 Å². The van der Waals surface area contributed by atoms with Crippen LogP contribution in [0.2, 0.25) is 0 Å². The summed E-state index contributed by atoms with van der Waals surface area (Å²) in [5, 5.41) is 10.8. The lowest BCUT2D eigenvalue weighted by Gasteiger charge is -2.10. The van der Waals surface area contributed by atoms with Gasteiger partial charge in [0.2, 0.25) is 9.50 Å². The van der Waals surface area contributed by atoms with Crippen molar-refractivity contribution in [2.75, 3.05) is 6.61 Å². The molecule has 0 amide bonds. The molecule has 0 saturated heterocycles. The standard InChI is InChI=1S/C5H6Cl3NO3/c1-2-12-4(10)3(9-11)5(6,7)8/h11H,2H2,1H3. The number of ether oxygens (including phenoxy) is 1. The van der Waals surface area contributed by atoms with Crippen molar-refractivity contribution in [2.45, 2.75) is 10.7 Å². The van der Waals surface area contributed by atoms with Crippen LogP contribution < -0.4 is 0 Å². The fourth-order valence-electron chi connectivity index (χ4n) is 0.413. The minimum atomic E-state index is -2.07. The van der Waals surface area contributed by atoms with E-state index in [-0.39, 0.29) is 6.61 Å². The molecule has 0 aliphatic rings. The van der Waals surface area contributed by atoms with Crippen molar-refractivity contribution in [3.63, 3.8) is 0 Å². The topological polar surface area (TPSA) is 58.9 Å². The molecule has 0 aromatic rings. The van der Waals surface area contributed by atoms with E-state index in [1.807, 2.05) is 0 Å². The molecule has 70 valence electrons. The van der Waals surface area contributed by atoms with Gasteiger partial charge in [-0.25, -0.2) is 4.79 Å². The summed E-state index contributed by atoms with van der Waals surface area (Å²) in [5.41, 5.74) is -0.658. The second-order valence-corrected chi connectivity index (χ2v) is 3.95. The third-order valence-electron chi connectivity index (χ3n) is 0.837. The first-order chi connectivity index (χ1) is 5.43. The van der Waals surface area contributed by atoms with Crippen LogP contribution in [0.5, 0.6) is 0 Å². The van der Waals surface area contributed by atoms with Crippen LogP contribution in [0.3, 0.4) is 0 Å². The highest BCUT2D eigenvalue weighted by molar-refractivity contribution is 6.82. The van der Waals surface area contributed by atoms with Gasteiger partial charge in [-0.3, -0.25) is 0 Å². The minimum absolute atomic E-state index is 0.110. The summed E-state index contributed by atoms with van der Waals surface area (Å²) in [6.45, 7) is 1.68. The highest BCUT2D eigenvalue weighted by Gasteiger charge is 2.35. The highest BCUT2D eigenvalue weighted by Crippen LogP contribution is 2.28. The smallest absolute Gasteiger partial charge is 0.360 e. The summed E-state index contributed by atoms with van der Waals surface area (Å²) in [5.74, 6) is -0.958. The molecule has 0 aliphatic carbocycles. The Hall–Kier alpha value is -0.190. The Balaban J connectivity index is 4.49. The number of nitrogens with zero attached hydrogens (tertiary/aromatic N) is 1. The van der Waals surface area contributed by atoms with E-state index in [0.717, 1.165) is 0 Å². The number of carbonyl (C=O) groups is 1. The van der Waals surface area contributed by atoms with Crippen molar-refractivity contribution in [3.05, 3.63) is 0 Å². The number of hydrogen-bond donors (Lipinski definition) is 1. The molecule has 0 radical (unpaired) electrons. The van der Waals surface area contributed by atoms with Crippen molar-refractivity contribution in [2.24, 2.45) is 5.16 Å². The number of esters is 1. The second-order valence-electron chi connectivity index (χ2n) is 1.67. The zero-order valence-electron chi connectivity index (χ0n) is 6.05. The normalized spacial score (nSPS) is 12.8. The van der Waals surface area contributed by atoms with E-state index in [1.165, 1.54) is 0 Å². The molecule has 0 rings (SSSR count). The maximum atomic E-state index is 10.9. The van der Waals surface area contributed by atoms with Crippen LogP contribution in [0.25, 0.3) is 0 Å². The van der Waals surface area contributed by atoms with Crippen LogP contribution in [0.4, 0.5) is 0 Å². The lowest BCUT2D eigenvalue weighted by atomic mass is 10.4. The highest BCUT2D eigenvalue weighted by atomic mass is 35.6. The van der Waals surface area contributed by atoms with Gasteiger partial charge in [0.15, 0.2) is 0 Å². The Morgan fingerprint density at radius 3 is 2.33 bits per heavy atom. The summed E-state index contributed by atoms with van der Waals surface area (Å²) in [6.07, 6.45) is 0. The molecule has 0 aromatic heterocycles. The number of rotatable bonds is 2. The van der Waals surface area contributed by atoms with E-state index in [9.17, 15) is 4.79 Å². The lowest BCUT2D eigenvalue weighted by Crippen LogP contribution is -2.30. The molecular formula is C5H6Cl3NO3. The molecular weight excluding hydrogens is 228 g/mol. The van der Waals surface area contributed by atoms with Crippen molar-refractivity contribution in [3.8, 4) is 0 Å². The average molecular weight is 234 g/mol. The third kappa shape index (κ3) is 3.47. The van der Waals surface area contributed by atoms with E-state index >= 15 is 0 Å². The van der Waals surface area contributed by atoms with Crippen molar-refractivity contribution >= 4 is 46.5 Å². The summed E-state index contributed by atoms with van der Waals surface area (Å²) >= 11 is 15.8. The van der Waals surface area contributed by atoms with Crippen LogP contribution in [0, 0.1) is 0 Å². The van der Waals surface area contributed by atoms with Crippen LogP contribution in [0.1, 0.15) is 6.92 Å². The number of alkyl halides is 3. The maximum absolute atomic E-state index is 10.9. The molecule has 0 fully saturated rings. The quantitative estimate of drug-likeness (QED) is 0.260. The van der Waals surface area contributed by atoms with Gasteiger partial charge in [0.1, 0.15) is 0 Å². The van der Waals surface area contributed by atoms with Gasteiger partial charge in [-0.1, -0.05) is 40.0 Å². The molecule has 0 heterocycles. The van der Waals surface area contributed by atoms with E-state index in [1.54, 1.807) is 6.92 Å². The van der Waals surface area contributed by atoms with E-state index in [2.05, 4.69) is 9.89 Å². The number of halogens is 3. The number of hydrogen-bond acceptors (Lipinski definition) is 4. The van der Waals surface area contributed by atoms with Crippen LogP contribution in [-0.2, 0) is 9.53 Å². The summed E-state index contributed by atoms with van der Waals surface area (Å²) in [6, 6.07) is 0. The van der Waals surface area contributed by atoms with E-state index in [4.69, 9.17) is 40.0 Å². The molecule has 1 N–H and O–H groups in total. The van der Waals surface area contributed by atoms with Gasteiger partial charge >= 0.3 is 5.97 Å². The van der Waals surface area contributed by atoms with Gasteiger partial charge in [0.25, 0.3) is 0 Å². The molecule has 12 heavy (non-hydrogen) atoms. The molecule has 0 saturated carbocycles. The summed E-state index contributed by atoms with van der Waals surface area (Å²) in [7, 11) is 0. The fraction of sp³-hybridized carbons (Fsp3) is 0.600. The lowest BCUT2D eigenvalue weighted by molar-refractivity contribution is -0.135. The summed E-state index contributed by atoms with van der Waals surface area (Å²) in [4.78, 5) is 10.9. The van der Waals surface area contributed by atoms with Crippen molar-refractivity contribution < 1.29 is 14.7 Å². The Kier molecular flexibility index (Phi) is 4.67. The van der Waals surface area contributed by atoms with Gasteiger partial charge in [0.05, 0.1) is 6.61 Å². The monoisotopic (exact) mass is 233 g/mol. The second kappa shape index (κ2) is 4.74. The fourth-order valence-corrected chi connectivity index (χ4v) is 0.758. The van der Waals surface area contributed by atoms with Crippen LogP contribution in [-0.4, -0.2) is 27.3 Å². The van der Waals surface area contributed by atoms with Crippen LogP contribution >= 0.6 is 34.8 Å². The Morgan fingerprint density at radius 2 is 2.08 bits per heavy atom. The largest absolute Gasteiger partial charge is 0.461 e. The Morgan fingerprint density at radius 1 is 1.58 bits per heavy atom. The Bertz CT molecular complexity index is 199. The molecule has 0 atom stereocenters. The van der Waals surface area contributed by atoms with Gasteiger partial charge in [0, 0.05) is 0 Å². The van der Waals surface area contributed by atoms with Gasteiger partial charge in [-0.05, 0) is 6.92 Å². The average Bonchev–Trinajstić information content (AvgIpc) is 1.85. The molecule has 0 bridgehead atoms. The van der Waals surface area contributed by atoms with Gasteiger partial charge in [-0.2, -0.15) is 0 Å². The van der Waals surface area contributed by atoms with E-state index < -0.39 is 15.5 Å². The zero-order chi connectivity index (χ0) is 9.78. The molecule has 0 spiro atoms. The first-order valence-electron chi connectivity index (χ1n) is 2.89. The zero-order valence-corrected chi connectivity index (χ0v) is 8.32. The molecule has 0 aromatic carbocycles. The molecule has 0 unspecified atom stereocenters. The number of carbonyl (C=O) groups excluding carboxylic acids is 1. The van der Waals surface area contributed by atoms with Gasteiger partial charge in [-0.15, -0.1) is 0 Å². The predicted molar refractivity (Wildman–Crippen MR) is 46.1 cm³/mol. The number of oxime groups is 1. The SMILES string of the molecule is CCOC(=O)C(=NO)C(Cl)(Cl)Cl. The van der Waals surface area contributed by atoms with Crippen LogP contribution in [0.15, 0.2) is 5.16 Å². The minimum Gasteiger partial charge on any atom is -0.461 e. The van der Waals surface area contributed by atoms with Gasteiger partial charge < -0.3 is 9.94 Å². The third-order valence-corrected chi connectivity index (χ3v) is 1.37. The predicted octanol–water partition coefficient (Wildman–Crippen LogP) is 1.75. The first-order valence-corrected chi connectivity index (χ1v) is 4.03. The first kappa shape index (κ1) is 11.8. The molecule has 4 nitrogen and oxygen atoms in total.